The first-order valence-corrected chi connectivity index (χ1v) is 10.2. The molecule has 0 amide bonds. The molecule has 0 saturated carbocycles. The van der Waals surface area contributed by atoms with Gasteiger partial charge in [0.2, 0.25) is 0 Å². The van der Waals surface area contributed by atoms with Crippen molar-refractivity contribution in [2.75, 3.05) is 6.61 Å². The molecule has 4 rings (SSSR count). The van der Waals surface area contributed by atoms with Gasteiger partial charge >= 0.3 is 0 Å². The molecule has 0 N–H and O–H groups in total. The molecule has 4 aromatic rings. The second kappa shape index (κ2) is 7.78. The van der Waals surface area contributed by atoms with E-state index in [2.05, 4.69) is 37.0 Å². The van der Waals surface area contributed by atoms with Crippen LogP contribution in [0.4, 0.5) is 0 Å². The average Bonchev–Trinajstić information content (AvgIpc) is 3.10. The Labute approximate surface area is 172 Å². The molecule has 0 spiro atoms. The Morgan fingerprint density at radius 3 is 2.64 bits per heavy atom. The Balaban J connectivity index is 1.63. The van der Waals surface area contributed by atoms with Crippen LogP contribution in [-0.2, 0) is 6.54 Å². The van der Waals surface area contributed by atoms with Gasteiger partial charge in [0.15, 0.2) is 0 Å². The first-order valence-electron chi connectivity index (χ1n) is 8.95. The lowest BCUT2D eigenvalue weighted by Gasteiger charge is -2.09. The fourth-order valence-corrected chi connectivity index (χ4v) is 4.26. The molecule has 2 aromatic heterocycles. The van der Waals surface area contributed by atoms with E-state index in [1.54, 1.807) is 23.0 Å². The van der Waals surface area contributed by atoms with E-state index in [0.717, 1.165) is 27.3 Å². The number of halogens is 1. The fraction of sp³-hybridized carbons (Fsp3) is 0.182. The predicted octanol–water partition coefficient (Wildman–Crippen LogP) is 5.47. The maximum atomic E-state index is 13.1. The zero-order valence-electron chi connectivity index (χ0n) is 15.6. The normalized spacial score (nSPS) is 11.1. The Morgan fingerprint density at radius 1 is 1.11 bits per heavy atom. The van der Waals surface area contributed by atoms with Crippen molar-refractivity contribution in [3.63, 3.8) is 0 Å². The van der Waals surface area contributed by atoms with Gasteiger partial charge in [-0.15, -0.1) is 11.3 Å². The van der Waals surface area contributed by atoms with E-state index in [9.17, 15) is 4.79 Å². The molecule has 0 radical (unpaired) electrons. The minimum absolute atomic E-state index is 0.0408. The van der Waals surface area contributed by atoms with Crippen molar-refractivity contribution in [3.8, 4) is 16.9 Å². The number of benzene rings is 2. The van der Waals surface area contributed by atoms with Crippen LogP contribution < -0.4 is 10.3 Å². The largest absolute Gasteiger partial charge is 0.492 e. The molecular weight excluding hydrogens is 392 g/mol. The zero-order chi connectivity index (χ0) is 19.7. The minimum Gasteiger partial charge on any atom is -0.492 e. The highest BCUT2D eigenvalue weighted by molar-refractivity contribution is 7.17. The molecule has 0 aliphatic heterocycles. The van der Waals surface area contributed by atoms with E-state index in [-0.39, 0.29) is 5.56 Å². The molecule has 28 heavy (non-hydrogen) atoms. The van der Waals surface area contributed by atoms with Gasteiger partial charge in [0, 0.05) is 16.0 Å². The van der Waals surface area contributed by atoms with Crippen molar-refractivity contribution in [2.24, 2.45) is 0 Å². The van der Waals surface area contributed by atoms with Crippen molar-refractivity contribution in [3.05, 3.63) is 80.7 Å². The highest BCUT2D eigenvalue weighted by atomic mass is 35.5. The number of fused-ring (bicyclic) bond motifs is 1. The van der Waals surface area contributed by atoms with Gasteiger partial charge in [-0.05, 0) is 49.2 Å². The summed E-state index contributed by atoms with van der Waals surface area (Å²) in [5.74, 6) is 0.720. The summed E-state index contributed by atoms with van der Waals surface area (Å²) < 4.78 is 7.33. The van der Waals surface area contributed by atoms with Crippen molar-refractivity contribution >= 4 is 33.2 Å². The monoisotopic (exact) mass is 410 g/mol. The Hall–Kier alpha value is -2.63. The first kappa shape index (κ1) is 18.7. The summed E-state index contributed by atoms with van der Waals surface area (Å²) in [5, 5.41) is 3.35. The summed E-state index contributed by atoms with van der Waals surface area (Å²) >= 11 is 7.38. The fourth-order valence-electron chi connectivity index (χ4n) is 3.23. The molecule has 0 atom stereocenters. The van der Waals surface area contributed by atoms with Crippen LogP contribution in [0.3, 0.4) is 0 Å². The summed E-state index contributed by atoms with van der Waals surface area (Å²) in [5.41, 5.74) is 4.34. The summed E-state index contributed by atoms with van der Waals surface area (Å²) in [4.78, 5) is 18.3. The average molecular weight is 411 g/mol. The van der Waals surface area contributed by atoms with Gasteiger partial charge in [-0.1, -0.05) is 35.4 Å². The highest BCUT2D eigenvalue weighted by Gasteiger charge is 2.14. The molecule has 0 aliphatic rings. The van der Waals surface area contributed by atoms with Crippen LogP contribution in [0.5, 0.6) is 5.75 Å². The first-order chi connectivity index (χ1) is 13.5. The number of nitrogens with zero attached hydrogens (tertiary/aromatic N) is 2. The minimum atomic E-state index is -0.0408. The lowest BCUT2D eigenvalue weighted by molar-refractivity contribution is 0.296. The maximum absolute atomic E-state index is 13.1. The van der Waals surface area contributed by atoms with E-state index < -0.39 is 0 Å². The van der Waals surface area contributed by atoms with E-state index in [4.69, 9.17) is 16.3 Å². The lowest BCUT2D eigenvalue weighted by Crippen LogP contribution is -2.23. The van der Waals surface area contributed by atoms with Gasteiger partial charge in [0.05, 0.1) is 18.3 Å². The SMILES string of the molecule is Cc1ccc(-c2csc3ncn(CCOc4ccc(Cl)cc4)c(=O)c23)c(C)c1. The molecule has 0 fully saturated rings. The van der Waals surface area contributed by atoms with Crippen molar-refractivity contribution in [1.82, 2.24) is 9.55 Å². The molecule has 2 aromatic carbocycles. The van der Waals surface area contributed by atoms with Crippen LogP contribution in [0.1, 0.15) is 11.1 Å². The maximum Gasteiger partial charge on any atom is 0.262 e. The second-order valence-corrected chi connectivity index (χ2v) is 7.99. The standard InChI is InChI=1S/C22H19ClN2O2S/c1-14-3-8-18(15(2)11-14)19-12-28-21-20(19)22(26)25(13-24-21)9-10-27-17-6-4-16(23)5-7-17/h3-8,11-13H,9-10H2,1-2H3. The van der Waals surface area contributed by atoms with Gasteiger partial charge in [-0.25, -0.2) is 4.98 Å². The summed E-state index contributed by atoms with van der Waals surface area (Å²) in [6, 6.07) is 13.4. The van der Waals surface area contributed by atoms with Gasteiger partial charge in [-0.2, -0.15) is 0 Å². The van der Waals surface area contributed by atoms with Crippen LogP contribution >= 0.6 is 22.9 Å². The summed E-state index contributed by atoms with van der Waals surface area (Å²) in [7, 11) is 0. The smallest absolute Gasteiger partial charge is 0.262 e. The van der Waals surface area contributed by atoms with E-state index in [1.807, 2.05) is 17.5 Å². The predicted molar refractivity (Wildman–Crippen MR) is 116 cm³/mol. The highest BCUT2D eigenvalue weighted by Crippen LogP contribution is 2.33. The van der Waals surface area contributed by atoms with Crippen molar-refractivity contribution in [2.45, 2.75) is 20.4 Å². The van der Waals surface area contributed by atoms with E-state index in [1.165, 1.54) is 16.9 Å². The number of aryl methyl sites for hydroxylation is 2. The molecule has 4 nitrogen and oxygen atoms in total. The molecule has 0 aliphatic carbocycles. The molecular formula is C22H19ClN2O2S. The number of aromatic nitrogens is 2. The zero-order valence-corrected chi connectivity index (χ0v) is 17.2. The number of thiophene rings is 1. The third kappa shape index (κ3) is 3.68. The molecule has 6 heteroatoms. The Morgan fingerprint density at radius 2 is 1.89 bits per heavy atom. The van der Waals surface area contributed by atoms with Gasteiger partial charge in [0.1, 0.15) is 17.2 Å². The van der Waals surface area contributed by atoms with Gasteiger partial charge in [-0.3, -0.25) is 9.36 Å². The van der Waals surface area contributed by atoms with Crippen molar-refractivity contribution < 1.29 is 4.74 Å². The lowest BCUT2D eigenvalue weighted by atomic mass is 9.99. The Kier molecular flexibility index (Phi) is 5.20. The molecule has 2 heterocycles. The summed E-state index contributed by atoms with van der Waals surface area (Å²) in [6.07, 6.45) is 1.60. The van der Waals surface area contributed by atoms with Crippen LogP contribution in [0.2, 0.25) is 5.02 Å². The summed E-state index contributed by atoms with van der Waals surface area (Å²) in [6.45, 7) is 4.93. The third-order valence-electron chi connectivity index (χ3n) is 4.65. The van der Waals surface area contributed by atoms with Crippen LogP contribution in [0, 0.1) is 13.8 Å². The van der Waals surface area contributed by atoms with Gasteiger partial charge < -0.3 is 4.74 Å². The van der Waals surface area contributed by atoms with E-state index in [0.29, 0.717) is 23.6 Å². The van der Waals surface area contributed by atoms with Crippen molar-refractivity contribution in [1.29, 1.82) is 0 Å². The Bertz CT molecular complexity index is 1200. The quantitative estimate of drug-likeness (QED) is 0.438. The molecule has 0 saturated heterocycles. The van der Waals surface area contributed by atoms with Gasteiger partial charge in [0.25, 0.3) is 5.56 Å². The number of rotatable bonds is 5. The van der Waals surface area contributed by atoms with Crippen LogP contribution in [0.15, 0.2) is 59.0 Å². The molecule has 0 unspecified atom stereocenters. The molecule has 0 bridgehead atoms. The van der Waals surface area contributed by atoms with E-state index >= 15 is 0 Å². The third-order valence-corrected chi connectivity index (χ3v) is 5.79. The second-order valence-electron chi connectivity index (χ2n) is 6.69. The van der Waals surface area contributed by atoms with Crippen LogP contribution in [-0.4, -0.2) is 16.2 Å². The number of hydrogen-bond acceptors (Lipinski definition) is 4. The number of hydrogen-bond donors (Lipinski definition) is 0. The van der Waals surface area contributed by atoms with Crippen LogP contribution in [0.25, 0.3) is 21.3 Å². The topological polar surface area (TPSA) is 44.1 Å². The molecule has 142 valence electrons. The number of ether oxygens (including phenoxy) is 1.